The Morgan fingerprint density at radius 2 is 0.429 bits per heavy atom. The quantitative estimate of drug-likeness (QED) is 0.139. The number of nitrogens with zero attached hydrogens (tertiary/aromatic N) is 2. The van der Waals surface area contributed by atoms with E-state index in [0.29, 0.717) is 33.9 Å². The number of hydrogen-bond acceptors (Lipinski definition) is 2. The molecule has 0 aliphatic rings. The number of hydrogen-bond donors (Lipinski definition) is 0. The Morgan fingerprint density at radius 3 is 0.750 bits per heavy atom. The molecule has 0 saturated heterocycles. The SMILES string of the molecule is [2H]c1c([2H])c(N(c2ccccc2)c2ccccc2)c([2H])c([2H])c1-c1ccc(-c2c([2H])c([2H])c(N(c3ccc(-c4ccccc4)cc3)c3ccc(-c4ccccc4)cc3)c([2H])c2[2H])cc1. The summed E-state index contributed by atoms with van der Waals surface area (Å²) < 4.78 is 74.2. The van der Waals surface area contributed by atoms with Gasteiger partial charge in [-0.25, -0.2) is 0 Å². The van der Waals surface area contributed by atoms with Crippen molar-refractivity contribution in [1.82, 2.24) is 0 Å². The predicted molar refractivity (Wildman–Crippen MR) is 238 cm³/mol. The minimum atomic E-state index is -0.230. The maximum Gasteiger partial charge on any atom is 0.0645 e. The number of rotatable bonds is 10. The molecule has 2 heteroatoms. The molecule has 0 spiro atoms. The summed E-state index contributed by atoms with van der Waals surface area (Å²) in [5, 5.41) is 0. The maximum atomic E-state index is 9.44. The predicted octanol–water partition coefficient (Wildman–Crippen LogP) is 15.3. The summed E-state index contributed by atoms with van der Waals surface area (Å²) in [5.41, 5.74) is 7.99. The Hall–Kier alpha value is -7.42. The molecule has 0 bridgehead atoms. The van der Waals surface area contributed by atoms with Crippen molar-refractivity contribution in [2.75, 3.05) is 9.80 Å². The second-order valence-corrected chi connectivity index (χ2v) is 13.2. The zero-order chi connectivity index (χ0) is 44.5. The van der Waals surface area contributed by atoms with Crippen LogP contribution in [0, 0.1) is 0 Å². The van der Waals surface area contributed by atoms with Crippen LogP contribution in [0.4, 0.5) is 34.1 Å². The lowest BCUT2D eigenvalue weighted by molar-refractivity contribution is 1.28. The molecule has 0 radical (unpaired) electrons. The third-order valence-corrected chi connectivity index (χ3v) is 9.63. The lowest BCUT2D eigenvalue weighted by Gasteiger charge is -2.26. The third kappa shape index (κ3) is 7.37. The van der Waals surface area contributed by atoms with E-state index in [2.05, 4.69) is 0 Å². The Labute approximate surface area is 341 Å². The highest BCUT2D eigenvalue weighted by Crippen LogP contribution is 2.39. The molecule has 0 atom stereocenters. The highest BCUT2D eigenvalue weighted by Gasteiger charge is 2.15. The summed E-state index contributed by atoms with van der Waals surface area (Å²) in [6.07, 6.45) is 0. The van der Waals surface area contributed by atoms with Crippen molar-refractivity contribution in [3.63, 3.8) is 0 Å². The average molecular weight is 725 g/mol. The summed E-state index contributed by atoms with van der Waals surface area (Å²) in [7, 11) is 0. The van der Waals surface area contributed by atoms with E-state index in [1.807, 2.05) is 170 Å². The first-order chi connectivity index (χ1) is 31.1. The van der Waals surface area contributed by atoms with Gasteiger partial charge in [0, 0.05) is 34.1 Å². The minimum absolute atomic E-state index is 0.0964. The van der Waals surface area contributed by atoms with Gasteiger partial charge in [0.2, 0.25) is 0 Å². The molecule has 0 aromatic heterocycles. The molecular formula is C54H40N2. The van der Waals surface area contributed by atoms with Crippen molar-refractivity contribution >= 4 is 34.1 Å². The van der Waals surface area contributed by atoms with Crippen LogP contribution in [0.3, 0.4) is 0 Å². The van der Waals surface area contributed by atoms with E-state index in [-0.39, 0.29) is 70.8 Å². The molecule has 0 fully saturated rings. The average Bonchev–Trinajstić information content (AvgIpc) is 3.35. The van der Waals surface area contributed by atoms with Gasteiger partial charge < -0.3 is 9.80 Å². The van der Waals surface area contributed by atoms with E-state index in [0.717, 1.165) is 22.3 Å². The molecule has 266 valence electrons. The molecule has 0 aliphatic heterocycles. The van der Waals surface area contributed by atoms with Crippen molar-refractivity contribution < 1.29 is 11.0 Å². The van der Waals surface area contributed by atoms with Gasteiger partial charge in [-0.1, -0.05) is 170 Å². The molecule has 0 amide bonds. The molecule has 9 aromatic rings. The summed E-state index contributed by atoms with van der Waals surface area (Å²) >= 11 is 0. The molecule has 2 nitrogen and oxygen atoms in total. The van der Waals surface area contributed by atoms with Gasteiger partial charge in [0.05, 0.1) is 11.0 Å². The number of para-hydroxylation sites is 2. The lowest BCUT2D eigenvalue weighted by atomic mass is 9.99. The van der Waals surface area contributed by atoms with Gasteiger partial charge in [0.25, 0.3) is 0 Å². The van der Waals surface area contributed by atoms with Crippen molar-refractivity contribution in [1.29, 1.82) is 0 Å². The Balaban J connectivity index is 1.11. The monoisotopic (exact) mass is 724 g/mol. The van der Waals surface area contributed by atoms with Crippen molar-refractivity contribution in [2.24, 2.45) is 0 Å². The van der Waals surface area contributed by atoms with Gasteiger partial charge in [-0.2, -0.15) is 0 Å². The molecule has 0 saturated carbocycles. The lowest BCUT2D eigenvalue weighted by Crippen LogP contribution is -2.09. The fraction of sp³-hybridized carbons (Fsp3) is 0. The molecule has 56 heavy (non-hydrogen) atoms. The van der Waals surface area contributed by atoms with Crippen LogP contribution in [0.1, 0.15) is 11.0 Å². The van der Waals surface area contributed by atoms with E-state index < -0.39 is 0 Å². The van der Waals surface area contributed by atoms with E-state index in [1.54, 1.807) is 34.1 Å². The highest BCUT2D eigenvalue weighted by atomic mass is 15.1. The van der Waals surface area contributed by atoms with Crippen LogP contribution in [-0.4, -0.2) is 0 Å². The summed E-state index contributed by atoms with van der Waals surface area (Å²) in [6, 6.07) is 59.0. The van der Waals surface area contributed by atoms with Gasteiger partial charge in [0.1, 0.15) is 0 Å². The first-order valence-electron chi connectivity index (χ1n) is 22.4. The zero-order valence-electron chi connectivity index (χ0n) is 38.4. The standard InChI is InChI=1S/C54H40N2/c1-5-13-41(14-6-1)45-25-33-52(34-26-45)56(53-35-27-46(28-36-53)42-15-7-2-8-16-42)54-39-31-48(32-40-54)44-23-21-43(22-24-44)47-29-37-51(38-30-47)55(49-17-9-3-10-18-49)50-19-11-4-12-20-50/h1-40H/i29D,30D,31D,32D,37D,38D,39D,40D. The first-order valence-corrected chi connectivity index (χ1v) is 18.4. The molecule has 0 aliphatic carbocycles. The normalized spacial score (nSPS) is 12.9. The molecule has 0 N–H and O–H groups in total. The highest BCUT2D eigenvalue weighted by molar-refractivity contribution is 5.82. The second kappa shape index (κ2) is 15.9. The van der Waals surface area contributed by atoms with Crippen molar-refractivity contribution in [3.05, 3.63) is 242 Å². The van der Waals surface area contributed by atoms with Crippen LogP contribution in [-0.2, 0) is 0 Å². The zero-order valence-corrected chi connectivity index (χ0v) is 30.4. The van der Waals surface area contributed by atoms with E-state index in [4.69, 9.17) is 2.74 Å². The fourth-order valence-electron chi connectivity index (χ4n) is 6.76. The molecule has 0 heterocycles. The van der Waals surface area contributed by atoms with Crippen molar-refractivity contribution in [3.8, 4) is 44.5 Å². The van der Waals surface area contributed by atoms with Crippen molar-refractivity contribution in [2.45, 2.75) is 0 Å². The Morgan fingerprint density at radius 1 is 0.196 bits per heavy atom. The van der Waals surface area contributed by atoms with Gasteiger partial charge in [0.15, 0.2) is 0 Å². The van der Waals surface area contributed by atoms with Gasteiger partial charge in [-0.15, -0.1) is 0 Å². The van der Waals surface area contributed by atoms with Crippen LogP contribution < -0.4 is 9.80 Å². The topological polar surface area (TPSA) is 6.48 Å². The maximum absolute atomic E-state index is 9.44. The summed E-state index contributed by atoms with van der Waals surface area (Å²) in [5.74, 6) is 0. The van der Waals surface area contributed by atoms with E-state index >= 15 is 0 Å². The van der Waals surface area contributed by atoms with Crippen LogP contribution >= 0.6 is 0 Å². The van der Waals surface area contributed by atoms with Crippen LogP contribution in [0.25, 0.3) is 44.5 Å². The smallest absolute Gasteiger partial charge is 0.0645 e. The van der Waals surface area contributed by atoms with E-state index in [1.165, 1.54) is 0 Å². The molecule has 9 rings (SSSR count). The molecule has 0 unspecified atom stereocenters. The number of anilines is 6. The van der Waals surface area contributed by atoms with Gasteiger partial charge >= 0.3 is 0 Å². The minimum Gasteiger partial charge on any atom is -0.311 e. The Bertz CT molecular complexity index is 2910. The molecule has 9 aromatic carbocycles. The summed E-state index contributed by atoms with van der Waals surface area (Å²) in [6.45, 7) is 0. The number of benzene rings is 9. The van der Waals surface area contributed by atoms with Gasteiger partial charge in [-0.3, -0.25) is 0 Å². The van der Waals surface area contributed by atoms with Gasteiger partial charge in [-0.05, 0) is 117 Å². The molecular weight excluding hydrogens is 677 g/mol. The van der Waals surface area contributed by atoms with E-state index in [9.17, 15) is 8.22 Å². The largest absolute Gasteiger partial charge is 0.311 e. The second-order valence-electron chi connectivity index (χ2n) is 13.2. The third-order valence-electron chi connectivity index (χ3n) is 9.63. The van der Waals surface area contributed by atoms with Crippen LogP contribution in [0.5, 0.6) is 0 Å². The fourth-order valence-corrected chi connectivity index (χ4v) is 6.76. The summed E-state index contributed by atoms with van der Waals surface area (Å²) in [4.78, 5) is 3.49. The van der Waals surface area contributed by atoms with Crippen LogP contribution in [0.15, 0.2) is 242 Å². The van der Waals surface area contributed by atoms with Crippen LogP contribution in [0.2, 0.25) is 0 Å². The first kappa shape index (κ1) is 26.4. The Kier molecular flexibility index (Phi) is 7.49.